The topological polar surface area (TPSA) is 157 Å². The minimum absolute atomic E-state index is 0.0109. The first-order valence-corrected chi connectivity index (χ1v) is 12.1. The van der Waals surface area contributed by atoms with Crippen molar-refractivity contribution < 1.29 is 44.9 Å². The van der Waals surface area contributed by atoms with E-state index < -0.39 is 42.8 Å². The van der Waals surface area contributed by atoms with Crippen LogP contribution in [0, 0.1) is 0 Å². The lowest BCUT2D eigenvalue weighted by Gasteiger charge is -2.16. The molecule has 0 aromatic heterocycles. The predicted molar refractivity (Wildman–Crippen MR) is 120 cm³/mol. The van der Waals surface area contributed by atoms with Crippen LogP contribution in [0.2, 0.25) is 0 Å². The van der Waals surface area contributed by atoms with Crippen molar-refractivity contribution in [1.29, 1.82) is 0 Å². The molecule has 6 unspecified atom stereocenters. The zero-order chi connectivity index (χ0) is 24.4. The number of aliphatic hydroxyl groups excluding tert-OH is 6. The second-order valence-corrected chi connectivity index (χ2v) is 8.57. The maximum absolute atomic E-state index is 11.6. The molecule has 0 fully saturated rings. The smallest absolute Gasteiger partial charge is 0.434 e. The number of hydrogen-bond acceptors (Lipinski definition) is 9. The first kappa shape index (κ1) is 31.0. The van der Waals surface area contributed by atoms with E-state index in [1.807, 2.05) is 13.8 Å². The summed E-state index contributed by atoms with van der Waals surface area (Å²) in [6.45, 7) is 3.73. The molecule has 32 heavy (non-hydrogen) atoms. The Balaban J connectivity index is 3.71. The largest absolute Gasteiger partial charge is 0.508 e. The van der Waals surface area contributed by atoms with E-state index in [2.05, 4.69) is 0 Å². The highest BCUT2D eigenvalue weighted by Gasteiger charge is 2.14. The third kappa shape index (κ3) is 18.6. The lowest BCUT2D eigenvalue weighted by atomic mass is 10.0. The molecule has 6 N–H and O–H groups in total. The number of ether oxygens (including phenoxy) is 2. The molecule has 0 spiro atoms. The quantitative estimate of drug-likeness (QED) is 0.148. The summed E-state index contributed by atoms with van der Waals surface area (Å²) in [5.74, 6) is 0. The summed E-state index contributed by atoms with van der Waals surface area (Å²) in [7, 11) is 0. The Morgan fingerprint density at radius 3 is 1.03 bits per heavy atom. The van der Waals surface area contributed by atoms with Crippen LogP contribution in [0.3, 0.4) is 0 Å². The monoisotopic (exact) mass is 466 g/mol. The zero-order valence-corrected chi connectivity index (χ0v) is 19.8. The van der Waals surface area contributed by atoms with Gasteiger partial charge in [0.15, 0.2) is 0 Å². The molecule has 0 aliphatic heterocycles. The predicted octanol–water partition coefficient (Wildman–Crippen LogP) is 2.03. The molecule has 6 atom stereocenters. The molecular weight excluding hydrogens is 420 g/mol. The second kappa shape index (κ2) is 19.5. The SMILES string of the molecule is CCC(O)CCC(O)CCC(O)CCOC(=O)OCCC(O)CCC(O)CCC(O)CC. The molecule has 0 saturated carbocycles. The Labute approximate surface area is 192 Å². The minimum atomic E-state index is -0.869. The molecule has 0 aromatic rings. The molecule has 0 aliphatic rings. The number of carbonyl (C=O) groups is 1. The van der Waals surface area contributed by atoms with Gasteiger partial charge in [-0.05, 0) is 64.2 Å². The van der Waals surface area contributed by atoms with Crippen molar-refractivity contribution in [1.82, 2.24) is 0 Å². The van der Waals surface area contributed by atoms with Crippen LogP contribution < -0.4 is 0 Å². The van der Waals surface area contributed by atoms with E-state index in [-0.39, 0.29) is 26.1 Å². The molecule has 0 radical (unpaired) electrons. The summed E-state index contributed by atoms with van der Waals surface area (Å²) >= 11 is 0. The van der Waals surface area contributed by atoms with E-state index in [1.54, 1.807) is 0 Å². The highest BCUT2D eigenvalue weighted by Crippen LogP contribution is 2.13. The van der Waals surface area contributed by atoms with Crippen LogP contribution >= 0.6 is 0 Å². The molecular formula is C23H46O9. The molecule has 0 aromatic carbocycles. The highest BCUT2D eigenvalue weighted by molar-refractivity contribution is 5.59. The van der Waals surface area contributed by atoms with E-state index in [1.165, 1.54) is 0 Å². The molecule has 192 valence electrons. The van der Waals surface area contributed by atoms with Gasteiger partial charge in [-0.15, -0.1) is 0 Å². The van der Waals surface area contributed by atoms with Crippen LogP contribution in [0.5, 0.6) is 0 Å². The van der Waals surface area contributed by atoms with E-state index in [0.717, 1.165) is 0 Å². The van der Waals surface area contributed by atoms with Crippen molar-refractivity contribution >= 4 is 6.16 Å². The Morgan fingerprint density at radius 2 is 0.750 bits per heavy atom. The molecule has 9 nitrogen and oxygen atoms in total. The molecule has 9 heteroatoms. The van der Waals surface area contributed by atoms with Gasteiger partial charge in [-0.1, -0.05) is 13.8 Å². The third-order valence-corrected chi connectivity index (χ3v) is 5.62. The highest BCUT2D eigenvalue weighted by atomic mass is 16.7. The van der Waals surface area contributed by atoms with Gasteiger partial charge in [0.25, 0.3) is 0 Å². The fourth-order valence-corrected chi connectivity index (χ4v) is 3.12. The molecule has 0 rings (SSSR count). The van der Waals surface area contributed by atoms with Gasteiger partial charge in [0.2, 0.25) is 0 Å². The summed E-state index contributed by atoms with van der Waals surface area (Å²) in [4.78, 5) is 11.6. The van der Waals surface area contributed by atoms with E-state index in [9.17, 15) is 35.4 Å². The van der Waals surface area contributed by atoms with Gasteiger partial charge < -0.3 is 40.1 Å². The number of hydrogen-bond donors (Lipinski definition) is 6. The fourth-order valence-electron chi connectivity index (χ4n) is 3.12. The number of carbonyl (C=O) groups excluding carboxylic acids is 1. The minimum Gasteiger partial charge on any atom is -0.434 e. The van der Waals surface area contributed by atoms with Gasteiger partial charge in [-0.2, -0.15) is 0 Å². The Kier molecular flexibility index (Phi) is 18.9. The fraction of sp³-hybridized carbons (Fsp3) is 0.957. The van der Waals surface area contributed by atoms with Crippen LogP contribution in [-0.2, 0) is 9.47 Å². The zero-order valence-electron chi connectivity index (χ0n) is 19.8. The first-order chi connectivity index (χ1) is 15.2. The van der Waals surface area contributed by atoms with Crippen LogP contribution in [0.4, 0.5) is 4.79 Å². The summed E-state index contributed by atoms with van der Waals surface area (Å²) in [5, 5.41) is 58.5. The van der Waals surface area contributed by atoms with Gasteiger partial charge >= 0.3 is 6.16 Å². The lowest BCUT2D eigenvalue weighted by molar-refractivity contribution is 0.0272. The average Bonchev–Trinajstić information content (AvgIpc) is 2.77. The summed E-state index contributed by atoms with van der Waals surface area (Å²) < 4.78 is 9.79. The van der Waals surface area contributed by atoms with Gasteiger partial charge in [0.1, 0.15) is 0 Å². The van der Waals surface area contributed by atoms with Crippen LogP contribution in [0.1, 0.15) is 90.9 Å². The molecule has 0 heterocycles. The van der Waals surface area contributed by atoms with Crippen LogP contribution in [0.15, 0.2) is 0 Å². The van der Waals surface area contributed by atoms with E-state index in [4.69, 9.17) is 9.47 Å². The van der Waals surface area contributed by atoms with Crippen molar-refractivity contribution in [2.24, 2.45) is 0 Å². The average molecular weight is 467 g/mol. The molecule has 0 aliphatic carbocycles. The normalized spacial score (nSPS) is 17.2. The van der Waals surface area contributed by atoms with Gasteiger partial charge in [0.05, 0.1) is 49.8 Å². The summed E-state index contributed by atoms with van der Waals surface area (Å²) in [6.07, 6.45) is 1.09. The van der Waals surface area contributed by atoms with E-state index >= 15 is 0 Å². The molecule has 0 amide bonds. The summed E-state index contributed by atoms with van der Waals surface area (Å²) in [6, 6.07) is 0. The third-order valence-electron chi connectivity index (χ3n) is 5.62. The summed E-state index contributed by atoms with van der Waals surface area (Å²) in [5.41, 5.74) is 0. The van der Waals surface area contributed by atoms with Crippen LogP contribution in [0.25, 0.3) is 0 Å². The van der Waals surface area contributed by atoms with Crippen molar-refractivity contribution in [3.63, 3.8) is 0 Å². The lowest BCUT2D eigenvalue weighted by Crippen LogP contribution is -2.19. The molecule has 0 saturated heterocycles. The van der Waals surface area contributed by atoms with Gasteiger partial charge in [-0.3, -0.25) is 0 Å². The van der Waals surface area contributed by atoms with E-state index in [0.29, 0.717) is 64.2 Å². The van der Waals surface area contributed by atoms with Gasteiger partial charge in [-0.25, -0.2) is 4.79 Å². The van der Waals surface area contributed by atoms with Crippen molar-refractivity contribution in [3.8, 4) is 0 Å². The molecule has 0 bridgehead atoms. The maximum Gasteiger partial charge on any atom is 0.508 e. The van der Waals surface area contributed by atoms with Gasteiger partial charge in [0, 0.05) is 12.8 Å². The van der Waals surface area contributed by atoms with Crippen molar-refractivity contribution in [2.75, 3.05) is 13.2 Å². The standard InChI is InChI=1S/C23H46O9/c1-3-17(24)5-7-19(26)9-11-21(28)13-15-31-23(30)32-16-14-22(29)12-10-20(27)8-6-18(25)4-2/h17-22,24-29H,3-16H2,1-2H3. The van der Waals surface area contributed by atoms with Crippen LogP contribution in [-0.4, -0.2) is 86.6 Å². The first-order valence-electron chi connectivity index (χ1n) is 12.1. The number of aliphatic hydroxyl groups is 6. The van der Waals surface area contributed by atoms with Crippen molar-refractivity contribution in [2.45, 2.75) is 128 Å². The van der Waals surface area contributed by atoms with Crippen molar-refractivity contribution in [3.05, 3.63) is 0 Å². The Morgan fingerprint density at radius 1 is 0.500 bits per heavy atom. The Bertz CT molecular complexity index is 411. The number of rotatable bonds is 20. The second-order valence-electron chi connectivity index (χ2n) is 8.57. The maximum atomic E-state index is 11.6. The Hall–Kier alpha value is -0.970.